The fourth-order valence-electron chi connectivity index (χ4n) is 1.77. The summed E-state index contributed by atoms with van der Waals surface area (Å²) in [6.45, 7) is 4.15. The number of guanidine groups is 1. The summed E-state index contributed by atoms with van der Waals surface area (Å²) in [7, 11) is 5.07. The number of hydrogen-bond acceptors (Lipinski definition) is 4. The first-order valence-electron chi connectivity index (χ1n) is 8.06. The number of ether oxygens (including phenoxy) is 2. The number of nitrogens with one attached hydrogen (secondary N) is 2. The molecule has 0 saturated carbocycles. The van der Waals surface area contributed by atoms with Gasteiger partial charge in [-0.25, -0.2) is 4.99 Å². The van der Waals surface area contributed by atoms with Crippen LogP contribution in [0.3, 0.4) is 0 Å². The van der Waals surface area contributed by atoms with Crippen molar-refractivity contribution < 1.29 is 14.3 Å². The minimum absolute atomic E-state index is 0. The molecule has 0 aromatic heterocycles. The number of nitrogens with zero attached hydrogens (tertiary/aromatic N) is 2. The second-order valence-corrected chi connectivity index (χ2v) is 5.29. The maximum absolute atomic E-state index is 11.6. The number of rotatable bonds is 9. The number of carbonyl (C=O) groups is 1. The third kappa shape index (κ3) is 10.0. The van der Waals surface area contributed by atoms with Gasteiger partial charge in [0.2, 0.25) is 5.91 Å². The second-order valence-electron chi connectivity index (χ2n) is 5.29. The topological polar surface area (TPSA) is 75.2 Å². The van der Waals surface area contributed by atoms with Crippen molar-refractivity contribution in [1.82, 2.24) is 15.5 Å². The van der Waals surface area contributed by atoms with Crippen molar-refractivity contribution in [1.29, 1.82) is 0 Å². The molecule has 0 aliphatic carbocycles. The summed E-state index contributed by atoms with van der Waals surface area (Å²) in [5, 5.41) is 6.30. The lowest BCUT2D eigenvalue weighted by Gasteiger charge is -2.13. The average Bonchev–Trinajstić information content (AvgIpc) is 2.59. The molecule has 0 radical (unpaired) electrons. The zero-order valence-electron chi connectivity index (χ0n) is 15.4. The molecule has 0 atom stereocenters. The molecule has 0 heterocycles. The highest BCUT2D eigenvalue weighted by molar-refractivity contribution is 14.0. The normalized spacial score (nSPS) is 10.5. The Morgan fingerprint density at radius 2 is 1.80 bits per heavy atom. The van der Waals surface area contributed by atoms with E-state index in [0.717, 1.165) is 24.5 Å². The van der Waals surface area contributed by atoms with Crippen LogP contribution in [0.4, 0.5) is 0 Å². The number of halogens is 1. The van der Waals surface area contributed by atoms with E-state index in [1.165, 1.54) is 4.90 Å². The summed E-state index contributed by atoms with van der Waals surface area (Å²) in [5.41, 5.74) is 0. The van der Waals surface area contributed by atoms with E-state index in [1.54, 1.807) is 21.2 Å². The van der Waals surface area contributed by atoms with Gasteiger partial charge in [0.25, 0.3) is 0 Å². The molecule has 2 N–H and O–H groups in total. The highest BCUT2D eigenvalue weighted by atomic mass is 127. The van der Waals surface area contributed by atoms with E-state index in [1.807, 2.05) is 31.2 Å². The maximum atomic E-state index is 11.6. The van der Waals surface area contributed by atoms with Gasteiger partial charge >= 0.3 is 0 Å². The van der Waals surface area contributed by atoms with E-state index in [4.69, 9.17) is 9.47 Å². The molecular formula is C17H29IN4O3. The van der Waals surface area contributed by atoms with Crippen molar-refractivity contribution in [2.45, 2.75) is 13.3 Å². The molecule has 8 heteroatoms. The Labute approximate surface area is 167 Å². The minimum Gasteiger partial charge on any atom is -0.497 e. The van der Waals surface area contributed by atoms with Crippen molar-refractivity contribution >= 4 is 35.8 Å². The molecule has 1 aromatic carbocycles. The molecule has 1 amide bonds. The summed E-state index contributed by atoms with van der Waals surface area (Å²) >= 11 is 0. The van der Waals surface area contributed by atoms with Crippen LogP contribution in [0, 0.1) is 0 Å². The second kappa shape index (κ2) is 13.6. The summed E-state index contributed by atoms with van der Waals surface area (Å²) in [5.74, 6) is 2.22. The van der Waals surface area contributed by atoms with Crippen LogP contribution in [0.15, 0.2) is 29.3 Å². The van der Waals surface area contributed by atoms with Crippen LogP contribution in [0.1, 0.15) is 13.3 Å². The lowest BCUT2D eigenvalue weighted by Crippen LogP contribution is -2.39. The fraction of sp³-hybridized carbons (Fsp3) is 0.529. The van der Waals surface area contributed by atoms with Crippen molar-refractivity contribution in [2.75, 3.05) is 47.4 Å². The molecule has 7 nitrogen and oxygen atoms in total. The Hall–Kier alpha value is -1.71. The molecule has 0 aliphatic rings. The molecule has 1 rings (SSSR count). The van der Waals surface area contributed by atoms with Crippen molar-refractivity contribution in [3.8, 4) is 11.5 Å². The number of carbonyl (C=O) groups excluding carboxylic acids is 1. The first kappa shape index (κ1) is 23.3. The van der Waals surface area contributed by atoms with Gasteiger partial charge in [-0.2, -0.15) is 0 Å². The third-order valence-electron chi connectivity index (χ3n) is 3.16. The third-order valence-corrected chi connectivity index (χ3v) is 3.16. The van der Waals surface area contributed by atoms with E-state index in [2.05, 4.69) is 15.6 Å². The van der Waals surface area contributed by atoms with Crippen molar-refractivity contribution in [3.63, 3.8) is 0 Å². The van der Waals surface area contributed by atoms with Gasteiger partial charge < -0.3 is 25.0 Å². The molecule has 1 aromatic rings. The lowest BCUT2D eigenvalue weighted by atomic mass is 10.3. The molecule has 0 saturated heterocycles. The van der Waals surface area contributed by atoms with Gasteiger partial charge in [0.1, 0.15) is 18.0 Å². The van der Waals surface area contributed by atoms with Crippen LogP contribution in [-0.2, 0) is 4.79 Å². The molecule has 25 heavy (non-hydrogen) atoms. The largest absolute Gasteiger partial charge is 0.497 e. The summed E-state index contributed by atoms with van der Waals surface area (Å²) in [6, 6.07) is 7.49. The monoisotopic (exact) mass is 464 g/mol. The van der Waals surface area contributed by atoms with E-state index < -0.39 is 0 Å². The van der Waals surface area contributed by atoms with Gasteiger partial charge in [0, 0.05) is 27.2 Å². The van der Waals surface area contributed by atoms with E-state index in [9.17, 15) is 4.79 Å². The van der Waals surface area contributed by atoms with Crippen LogP contribution < -0.4 is 20.1 Å². The van der Waals surface area contributed by atoms with Gasteiger partial charge in [0.15, 0.2) is 5.96 Å². The molecule has 0 aliphatic heterocycles. The van der Waals surface area contributed by atoms with Gasteiger partial charge in [-0.15, -0.1) is 24.0 Å². The summed E-state index contributed by atoms with van der Waals surface area (Å²) < 4.78 is 10.8. The van der Waals surface area contributed by atoms with Crippen LogP contribution in [0.25, 0.3) is 0 Å². The lowest BCUT2D eigenvalue weighted by molar-refractivity contribution is -0.127. The van der Waals surface area contributed by atoms with Crippen LogP contribution in [-0.4, -0.2) is 64.2 Å². The molecule has 142 valence electrons. The number of hydrogen-bond donors (Lipinski definition) is 2. The summed E-state index contributed by atoms with van der Waals surface area (Å²) in [4.78, 5) is 17.3. The zero-order valence-corrected chi connectivity index (χ0v) is 17.7. The van der Waals surface area contributed by atoms with Crippen molar-refractivity contribution in [2.24, 2.45) is 4.99 Å². The molecule has 0 bridgehead atoms. The highest BCUT2D eigenvalue weighted by Crippen LogP contribution is 2.16. The SMILES string of the molecule is CCNC(=NCC(=O)N(C)C)NCCCOc1ccc(OC)cc1.I. The Bertz CT molecular complexity index is 521. The number of likely N-dealkylation sites (N-methyl/N-ethyl adjacent to an activating group) is 1. The highest BCUT2D eigenvalue weighted by Gasteiger charge is 2.03. The van der Waals surface area contributed by atoms with Gasteiger partial charge in [-0.3, -0.25) is 4.79 Å². The Balaban J connectivity index is 0.00000576. The van der Waals surface area contributed by atoms with Crippen LogP contribution >= 0.6 is 24.0 Å². The van der Waals surface area contributed by atoms with Crippen LogP contribution in [0.2, 0.25) is 0 Å². The predicted molar refractivity (Wildman–Crippen MR) is 111 cm³/mol. The Kier molecular flexibility index (Phi) is 12.6. The number of aliphatic imine (C=N–C) groups is 1. The first-order chi connectivity index (χ1) is 11.6. The molecule has 0 fully saturated rings. The minimum atomic E-state index is -0.0324. The van der Waals surface area contributed by atoms with E-state index >= 15 is 0 Å². The number of benzene rings is 1. The summed E-state index contributed by atoms with van der Waals surface area (Å²) in [6.07, 6.45) is 0.818. The van der Waals surface area contributed by atoms with E-state index in [0.29, 0.717) is 19.1 Å². The quantitative estimate of drug-likeness (QED) is 0.252. The van der Waals surface area contributed by atoms with Gasteiger partial charge in [0.05, 0.1) is 13.7 Å². The number of amides is 1. The molecule has 0 unspecified atom stereocenters. The van der Waals surface area contributed by atoms with Crippen LogP contribution in [0.5, 0.6) is 11.5 Å². The zero-order chi connectivity index (χ0) is 17.8. The molecular weight excluding hydrogens is 435 g/mol. The first-order valence-corrected chi connectivity index (χ1v) is 8.06. The van der Waals surface area contributed by atoms with E-state index in [-0.39, 0.29) is 36.4 Å². The standard InChI is InChI=1S/C17H28N4O3.HI/c1-5-18-17(20-13-16(22)21(2)3)19-11-6-12-24-15-9-7-14(23-4)8-10-15;/h7-10H,5-6,11-13H2,1-4H3,(H2,18,19,20);1H. The maximum Gasteiger partial charge on any atom is 0.243 e. The van der Waals surface area contributed by atoms with Gasteiger partial charge in [-0.05, 0) is 37.6 Å². The van der Waals surface area contributed by atoms with Gasteiger partial charge in [-0.1, -0.05) is 0 Å². The Morgan fingerprint density at radius 1 is 1.16 bits per heavy atom. The molecule has 0 spiro atoms. The predicted octanol–water partition coefficient (Wildman–Crippen LogP) is 1.73. The smallest absolute Gasteiger partial charge is 0.243 e. The Morgan fingerprint density at radius 3 is 2.36 bits per heavy atom. The number of methoxy groups -OCH3 is 1. The van der Waals surface area contributed by atoms with Crippen molar-refractivity contribution in [3.05, 3.63) is 24.3 Å². The average molecular weight is 464 g/mol. The fourth-order valence-corrected chi connectivity index (χ4v) is 1.77.